The lowest BCUT2D eigenvalue weighted by Crippen LogP contribution is -2.62. The molecule has 5 nitrogen and oxygen atoms in total. The number of urea groups is 1. The monoisotopic (exact) mass is 254 g/mol. The summed E-state index contributed by atoms with van der Waals surface area (Å²) in [5.74, 6) is 2.53. The van der Waals surface area contributed by atoms with E-state index < -0.39 is 23.3 Å². The first-order valence-electron chi connectivity index (χ1n) is 5.10. The second kappa shape index (κ2) is 5.23. The predicted molar refractivity (Wildman–Crippen MR) is 65.2 cm³/mol. The first-order chi connectivity index (χ1) is 7.91. The Morgan fingerprint density at radius 1 is 1.41 bits per heavy atom. The van der Waals surface area contributed by atoms with Gasteiger partial charge in [0.25, 0.3) is 0 Å². The van der Waals surface area contributed by atoms with E-state index in [0.29, 0.717) is 11.5 Å². The van der Waals surface area contributed by atoms with E-state index in [9.17, 15) is 14.4 Å². The Morgan fingerprint density at radius 2 is 2.06 bits per heavy atom. The Hall–Kier alpha value is -1.48. The number of carbonyl (C=O) groups excluding carboxylic acids is 3. The van der Waals surface area contributed by atoms with Crippen molar-refractivity contribution in [1.29, 1.82) is 0 Å². The summed E-state index contributed by atoms with van der Waals surface area (Å²) in [6, 6.07) is -0.652. The van der Waals surface area contributed by atoms with Gasteiger partial charge in [0.05, 0.1) is 5.75 Å². The maximum Gasteiger partial charge on any atom is 0.330 e. The highest BCUT2D eigenvalue weighted by Crippen LogP contribution is 2.23. The van der Waals surface area contributed by atoms with Crippen LogP contribution in [0.25, 0.3) is 0 Å². The molecule has 0 spiro atoms. The van der Waals surface area contributed by atoms with Gasteiger partial charge in [-0.3, -0.25) is 19.8 Å². The minimum Gasteiger partial charge on any atom is -0.277 e. The molecule has 0 aromatic heterocycles. The largest absolute Gasteiger partial charge is 0.330 e. The molecule has 0 atom stereocenters. The number of nitrogens with one attached hydrogen (secondary N) is 1. The number of terminal acetylenes is 1. The van der Waals surface area contributed by atoms with Crippen molar-refractivity contribution in [2.24, 2.45) is 5.41 Å². The van der Waals surface area contributed by atoms with Crippen LogP contribution in [0.2, 0.25) is 0 Å². The number of barbiturate groups is 1. The Kier molecular flexibility index (Phi) is 4.18. The molecular weight excluding hydrogens is 240 g/mol. The smallest absolute Gasteiger partial charge is 0.277 e. The molecule has 1 saturated heterocycles. The van der Waals surface area contributed by atoms with E-state index >= 15 is 0 Å². The molecule has 0 aromatic carbocycles. The van der Waals surface area contributed by atoms with Crippen LogP contribution in [0.1, 0.15) is 13.8 Å². The van der Waals surface area contributed by atoms with Gasteiger partial charge in [0, 0.05) is 12.3 Å². The van der Waals surface area contributed by atoms with E-state index in [1.165, 1.54) is 25.6 Å². The first-order valence-corrected chi connectivity index (χ1v) is 6.25. The van der Waals surface area contributed by atoms with Crippen molar-refractivity contribution in [3.63, 3.8) is 0 Å². The summed E-state index contributed by atoms with van der Waals surface area (Å²) in [5.41, 5.74) is -1.19. The van der Waals surface area contributed by atoms with Crippen molar-refractivity contribution >= 4 is 29.6 Å². The van der Waals surface area contributed by atoms with Crippen molar-refractivity contribution in [1.82, 2.24) is 10.2 Å². The maximum absolute atomic E-state index is 11.9. The number of carbonyl (C=O) groups is 3. The summed E-state index contributed by atoms with van der Waals surface area (Å²) in [6.07, 6.45) is 5.09. The molecular formula is C11H14N2O3S. The van der Waals surface area contributed by atoms with Crippen molar-refractivity contribution in [3.05, 3.63) is 0 Å². The van der Waals surface area contributed by atoms with Crippen molar-refractivity contribution < 1.29 is 14.4 Å². The molecule has 0 bridgehead atoms. The zero-order valence-electron chi connectivity index (χ0n) is 9.78. The molecule has 17 heavy (non-hydrogen) atoms. The lowest BCUT2D eigenvalue weighted by atomic mass is 9.89. The third kappa shape index (κ3) is 2.80. The quantitative estimate of drug-likeness (QED) is 0.449. The summed E-state index contributed by atoms with van der Waals surface area (Å²) in [6.45, 7) is 3.26. The van der Waals surface area contributed by atoms with Crippen LogP contribution in [0.15, 0.2) is 0 Å². The van der Waals surface area contributed by atoms with Crippen LogP contribution < -0.4 is 5.32 Å². The molecule has 4 amide bonds. The van der Waals surface area contributed by atoms with Gasteiger partial charge in [-0.25, -0.2) is 4.79 Å². The average Bonchev–Trinajstić information content (AvgIpc) is 2.26. The van der Waals surface area contributed by atoms with E-state index in [1.807, 2.05) is 0 Å². The molecule has 0 saturated carbocycles. The Balaban J connectivity index is 2.65. The molecule has 0 aromatic rings. The average molecular weight is 254 g/mol. The second-order valence-electron chi connectivity index (χ2n) is 4.10. The van der Waals surface area contributed by atoms with Crippen LogP contribution in [0.3, 0.4) is 0 Å². The van der Waals surface area contributed by atoms with Gasteiger partial charge < -0.3 is 0 Å². The van der Waals surface area contributed by atoms with E-state index in [4.69, 9.17) is 6.42 Å². The number of amides is 4. The van der Waals surface area contributed by atoms with Crippen LogP contribution in [0, 0.1) is 17.8 Å². The van der Waals surface area contributed by atoms with Crippen LogP contribution in [-0.2, 0) is 9.59 Å². The third-order valence-electron chi connectivity index (χ3n) is 2.46. The predicted octanol–water partition coefficient (Wildman–Crippen LogP) is 0.457. The number of hydrogen-bond donors (Lipinski definition) is 1. The summed E-state index contributed by atoms with van der Waals surface area (Å²) in [4.78, 5) is 35.9. The van der Waals surface area contributed by atoms with E-state index in [2.05, 4.69) is 11.2 Å². The fourth-order valence-electron chi connectivity index (χ4n) is 1.34. The van der Waals surface area contributed by atoms with Gasteiger partial charge in [-0.2, -0.15) is 0 Å². The Morgan fingerprint density at radius 3 is 2.65 bits per heavy atom. The molecule has 1 fully saturated rings. The molecule has 0 unspecified atom stereocenters. The van der Waals surface area contributed by atoms with E-state index in [0.717, 1.165) is 4.90 Å². The van der Waals surface area contributed by atoms with Gasteiger partial charge in [0.15, 0.2) is 0 Å². The summed E-state index contributed by atoms with van der Waals surface area (Å²) >= 11 is 1.46. The van der Waals surface area contributed by atoms with Crippen molar-refractivity contribution in [3.8, 4) is 12.3 Å². The first kappa shape index (κ1) is 13.6. The number of nitrogens with zero attached hydrogens (tertiary/aromatic N) is 1. The normalized spacial score (nSPS) is 18.9. The topological polar surface area (TPSA) is 66.5 Å². The van der Waals surface area contributed by atoms with Crippen molar-refractivity contribution in [2.45, 2.75) is 13.8 Å². The lowest BCUT2D eigenvalue weighted by molar-refractivity contribution is -0.148. The summed E-state index contributed by atoms with van der Waals surface area (Å²) in [5, 5.41) is 2.17. The van der Waals surface area contributed by atoms with E-state index in [1.54, 1.807) is 0 Å². The highest BCUT2D eigenvalue weighted by Gasteiger charge is 2.46. The van der Waals surface area contributed by atoms with Crippen LogP contribution in [-0.4, -0.2) is 40.8 Å². The standard InChI is InChI=1S/C11H14N2O3S/c1-4-6-17-7-5-13-9(15)11(2,3)8(14)12-10(13)16/h1H,5-7H2,2-3H3,(H,12,14,16). The zero-order valence-corrected chi connectivity index (χ0v) is 10.6. The van der Waals surface area contributed by atoms with Gasteiger partial charge in [0.2, 0.25) is 11.8 Å². The highest BCUT2D eigenvalue weighted by molar-refractivity contribution is 7.99. The van der Waals surface area contributed by atoms with Crippen LogP contribution >= 0.6 is 11.8 Å². The SMILES string of the molecule is C#CCSCCN1C(=O)NC(=O)C(C)(C)C1=O. The fourth-order valence-corrected chi connectivity index (χ4v) is 1.91. The van der Waals surface area contributed by atoms with Crippen molar-refractivity contribution in [2.75, 3.05) is 18.1 Å². The lowest BCUT2D eigenvalue weighted by Gasteiger charge is -2.34. The second-order valence-corrected chi connectivity index (χ2v) is 5.20. The molecule has 1 aliphatic rings. The number of thioether (sulfide) groups is 1. The van der Waals surface area contributed by atoms with Gasteiger partial charge in [-0.15, -0.1) is 18.2 Å². The minimum absolute atomic E-state index is 0.258. The molecule has 1 aliphatic heterocycles. The Bertz CT molecular complexity index is 398. The van der Waals surface area contributed by atoms with Gasteiger partial charge in [-0.05, 0) is 13.8 Å². The number of hydrogen-bond acceptors (Lipinski definition) is 4. The molecule has 1 rings (SSSR count). The van der Waals surface area contributed by atoms with Gasteiger partial charge in [0.1, 0.15) is 5.41 Å². The van der Waals surface area contributed by atoms with Gasteiger partial charge >= 0.3 is 6.03 Å². The minimum atomic E-state index is -1.19. The summed E-state index contributed by atoms with van der Waals surface area (Å²) in [7, 11) is 0. The zero-order chi connectivity index (χ0) is 13.1. The molecule has 0 radical (unpaired) electrons. The molecule has 1 heterocycles. The third-order valence-corrected chi connectivity index (χ3v) is 3.30. The maximum atomic E-state index is 11.9. The Labute approximate surface area is 104 Å². The molecule has 92 valence electrons. The van der Waals surface area contributed by atoms with E-state index in [-0.39, 0.29) is 6.54 Å². The van der Waals surface area contributed by atoms with Crippen LogP contribution in [0.5, 0.6) is 0 Å². The highest BCUT2D eigenvalue weighted by atomic mass is 32.2. The molecule has 0 aliphatic carbocycles. The fraction of sp³-hybridized carbons (Fsp3) is 0.545. The molecule has 1 N–H and O–H groups in total. The number of rotatable bonds is 4. The van der Waals surface area contributed by atoms with Gasteiger partial charge in [-0.1, -0.05) is 5.92 Å². The van der Waals surface area contributed by atoms with Crippen LogP contribution in [0.4, 0.5) is 4.79 Å². The number of imide groups is 2. The summed E-state index contributed by atoms with van der Waals surface area (Å²) < 4.78 is 0. The molecule has 6 heteroatoms.